The molecule has 1 aromatic carbocycles. The van der Waals surface area contributed by atoms with Crippen molar-refractivity contribution < 1.29 is 9.53 Å². The van der Waals surface area contributed by atoms with Gasteiger partial charge in [-0.2, -0.15) is 10.2 Å². The number of likely N-dealkylation sites (tertiary alicyclic amines) is 1. The predicted octanol–water partition coefficient (Wildman–Crippen LogP) is 4.73. The highest BCUT2D eigenvalue weighted by Crippen LogP contribution is 2.34. The molecule has 0 spiro atoms. The highest BCUT2D eigenvalue weighted by Gasteiger charge is 2.33. The second kappa shape index (κ2) is 9.13. The number of rotatable bonds is 2. The van der Waals surface area contributed by atoms with Crippen LogP contribution in [0.1, 0.15) is 51.4 Å². The Kier molecular flexibility index (Phi) is 6.12. The van der Waals surface area contributed by atoms with E-state index in [4.69, 9.17) is 15.6 Å². The molecule has 0 saturated carbocycles. The molecule has 0 bridgehead atoms. The highest BCUT2D eigenvalue weighted by atomic mass is 79.9. The summed E-state index contributed by atoms with van der Waals surface area (Å²) in [5.41, 5.74) is 8.85. The van der Waals surface area contributed by atoms with E-state index >= 15 is 0 Å². The maximum absolute atomic E-state index is 12.6. The number of carbonyl (C=O) groups excluding carboxylic acids is 1. The van der Waals surface area contributed by atoms with Gasteiger partial charge in [0.1, 0.15) is 17.1 Å². The number of halogens is 1. The molecule has 1 aliphatic rings. The average molecular weight is 550 g/mol. The van der Waals surface area contributed by atoms with E-state index < -0.39 is 5.60 Å². The van der Waals surface area contributed by atoms with Crippen LogP contribution < -0.4 is 5.73 Å². The van der Waals surface area contributed by atoms with E-state index in [1.807, 2.05) is 54.5 Å². The van der Waals surface area contributed by atoms with Gasteiger partial charge in [-0.25, -0.2) is 9.78 Å². The van der Waals surface area contributed by atoms with Gasteiger partial charge in [-0.1, -0.05) is 5.92 Å². The number of aryl methyl sites for hydroxylation is 1. The van der Waals surface area contributed by atoms with Crippen molar-refractivity contribution in [3.05, 3.63) is 46.3 Å². The summed E-state index contributed by atoms with van der Waals surface area (Å²) in [6.45, 7) is 9.54. The molecule has 3 aromatic heterocycles. The van der Waals surface area contributed by atoms with E-state index in [9.17, 15) is 4.79 Å². The van der Waals surface area contributed by atoms with Crippen LogP contribution in [-0.2, 0) is 11.3 Å². The van der Waals surface area contributed by atoms with E-state index in [0.717, 1.165) is 39.4 Å². The SMILES string of the molecule is CCn1cc2ccc(C#Cc3nn(C4CCN(C(=O)OC(C)(C)C)C4)c4c(Br)cnc(N)c34)cc2n1. The van der Waals surface area contributed by atoms with E-state index in [2.05, 4.69) is 44.8 Å². The van der Waals surface area contributed by atoms with Crippen LogP contribution in [0.3, 0.4) is 0 Å². The van der Waals surface area contributed by atoms with Crippen molar-refractivity contribution in [2.45, 2.75) is 52.3 Å². The van der Waals surface area contributed by atoms with Gasteiger partial charge in [-0.15, -0.1) is 0 Å². The summed E-state index contributed by atoms with van der Waals surface area (Å²) in [5, 5.41) is 11.2. The zero-order chi connectivity index (χ0) is 25.6. The standard InChI is InChI=1S/C26H28BrN7O2/c1-5-33-14-17-8-6-16(12-21(17)30-33)7-9-20-22-23(19(27)13-29-24(22)28)34(31-20)18-10-11-32(15-18)25(35)36-26(2,3)4/h6,8,12-14,18H,5,10-11,15H2,1-4H3,(H2,28,29). The van der Waals surface area contributed by atoms with Crippen molar-refractivity contribution in [3.63, 3.8) is 0 Å². The van der Waals surface area contributed by atoms with Gasteiger partial charge in [0, 0.05) is 43.0 Å². The summed E-state index contributed by atoms with van der Waals surface area (Å²) >= 11 is 3.62. The van der Waals surface area contributed by atoms with Gasteiger partial charge in [-0.05, 0) is 74.2 Å². The van der Waals surface area contributed by atoms with Crippen molar-refractivity contribution in [3.8, 4) is 11.8 Å². The Labute approximate surface area is 217 Å². The van der Waals surface area contributed by atoms with Crippen LogP contribution >= 0.6 is 15.9 Å². The molecule has 0 aliphatic carbocycles. The zero-order valence-electron chi connectivity index (χ0n) is 20.7. The smallest absolute Gasteiger partial charge is 0.410 e. The molecule has 186 valence electrons. The van der Waals surface area contributed by atoms with E-state index in [1.165, 1.54) is 0 Å². The lowest BCUT2D eigenvalue weighted by atomic mass is 10.1. The van der Waals surface area contributed by atoms with E-state index in [0.29, 0.717) is 30.0 Å². The minimum Gasteiger partial charge on any atom is -0.444 e. The molecular formula is C26H28BrN7O2. The number of hydrogen-bond donors (Lipinski definition) is 1. The summed E-state index contributed by atoms with van der Waals surface area (Å²) in [5.74, 6) is 6.79. The third kappa shape index (κ3) is 4.63. The Morgan fingerprint density at radius 1 is 1.28 bits per heavy atom. The topological polar surface area (TPSA) is 104 Å². The lowest BCUT2D eigenvalue weighted by Crippen LogP contribution is -2.35. The fraction of sp³-hybridized carbons (Fsp3) is 0.385. The van der Waals surface area contributed by atoms with Crippen LogP contribution in [0.4, 0.5) is 10.6 Å². The molecule has 1 amide bonds. The Morgan fingerprint density at radius 3 is 2.83 bits per heavy atom. The molecule has 4 aromatic rings. The Bertz CT molecular complexity index is 1540. The maximum atomic E-state index is 12.6. The number of nitrogens with zero attached hydrogens (tertiary/aromatic N) is 6. The number of amides is 1. The number of nitrogen functional groups attached to an aromatic ring is 1. The van der Waals surface area contributed by atoms with E-state index in [1.54, 1.807) is 11.1 Å². The number of fused-ring (bicyclic) bond motifs is 2. The number of anilines is 1. The predicted molar refractivity (Wildman–Crippen MR) is 142 cm³/mol. The van der Waals surface area contributed by atoms with Crippen LogP contribution in [0.15, 0.2) is 35.1 Å². The van der Waals surface area contributed by atoms with Crippen LogP contribution in [0, 0.1) is 11.8 Å². The largest absolute Gasteiger partial charge is 0.444 e. The average Bonchev–Trinajstić information content (AvgIpc) is 3.55. The molecule has 1 saturated heterocycles. The second-order valence-electron chi connectivity index (χ2n) is 9.89. The first kappa shape index (κ1) is 24.1. The first-order chi connectivity index (χ1) is 17.1. The van der Waals surface area contributed by atoms with Crippen LogP contribution in [0.2, 0.25) is 0 Å². The van der Waals surface area contributed by atoms with Crippen molar-refractivity contribution in [2.24, 2.45) is 0 Å². The zero-order valence-corrected chi connectivity index (χ0v) is 22.3. The van der Waals surface area contributed by atoms with Crippen LogP contribution in [-0.4, -0.2) is 54.2 Å². The molecule has 1 fully saturated rings. The highest BCUT2D eigenvalue weighted by molar-refractivity contribution is 9.10. The van der Waals surface area contributed by atoms with Gasteiger partial charge in [-0.3, -0.25) is 9.36 Å². The minimum absolute atomic E-state index is 0.0389. The third-order valence-corrected chi connectivity index (χ3v) is 6.66. The van der Waals surface area contributed by atoms with E-state index in [-0.39, 0.29) is 12.1 Å². The second-order valence-corrected chi connectivity index (χ2v) is 10.7. The monoisotopic (exact) mass is 549 g/mol. The molecule has 2 N–H and O–H groups in total. The normalized spacial score (nSPS) is 15.9. The summed E-state index contributed by atoms with van der Waals surface area (Å²) in [6.07, 6.45) is 4.12. The van der Waals surface area contributed by atoms with Crippen molar-refractivity contribution in [1.29, 1.82) is 0 Å². The minimum atomic E-state index is -0.544. The molecule has 9 nitrogen and oxygen atoms in total. The molecule has 36 heavy (non-hydrogen) atoms. The first-order valence-corrected chi connectivity index (χ1v) is 12.7. The van der Waals surface area contributed by atoms with Gasteiger partial charge >= 0.3 is 6.09 Å². The molecule has 0 radical (unpaired) electrons. The first-order valence-electron chi connectivity index (χ1n) is 11.9. The Balaban J connectivity index is 1.50. The van der Waals surface area contributed by atoms with Crippen LogP contribution in [0.5, 0.6) is 0 Å². The molecule has 5 rings (SSSR count). The quantitative estimate of drug-likeness (QED) is 0.362. The summed E-state index contributed by atoms with van der Waals surface area (Å²) in [6, 6.07) is 5.93. The van der Waals surface area contributed by atoms with Crippen molar-refractivity contribution in [1.82, 2.24) is 29.4 Å². The lowest BCUT2D eigenvalue weighted by Gasteiger charge is -2.24. The molecular weight excluding hydrogens is 522 g/mol. The number of carbonyl (C=O) groups is 1. The summed E-state index contributed by atoms with van der Waals surface area (Å²) in [7, 11) is 0. The number of benzene rings is 1. The lowest BCUT2D eigenvalue weighted by molar-refractivity contribution is 0.0288. The maximum Gasteiger partial charge on any atom is 0.410 e. The van der Waals surface area contributed by atoms with Gasteiger partial charge in [0.25, 0.3) is 0 Å². The molecule has 1 aliphatic heterocycles. The number of nitrogens with two attached hydrogens (primary N) is 1. The van der Waals surface area contributed by atoms with Crippen molar-refractivity contribution >= 4 is 49.6 Å². The van der Waals surface area contributed by atoms with Gasteiger partial charge in [0.15, 0.2) is 0 Å². The molecule has 1 atom stereocenters. The summed E-state index contributed by atoms with van der Waals surface area (Å²) < 4.78 is 10.2. The Hall–Kier alpha value is -3.58. The summed E-state index contributed by atoms with van der Waals surface area (Å²) in [4.78, 5) is 18.6. The third-order valence-electron chi connectivity index (χ3n) is 6.07. The Morgan fingerprint density at radius 2 is 2.08 bits per heavy atom. The number of ether oxygens (including phenoxy) is 1. The fourth-order valence-corrected chi connectivity index (χ4v) is 4.86. The van der Waals surface area contributed by atoms with Crippen molar-refractivity contribution in [2.75, 3.05) is 18.8 Å². The van der Waals surface area contributed by atoms with Gasteiger partial charge < -0.3 is 15.4 Å². The molecule has 10 heteroatoms. The number of pyridine rings is 1. The molecule has 4 heterocycles. The van der Waals surface area contributed by atoms with Gasteiger partial charge in [0.05, 0.1) is 26.9 Å². The number of hydrogen-bond acceptors (Lipinski definition) is 6. The van der Waals surface area contributed by atoms with Gasteiger partial charge in [0.2, 0.25) is 0 Å². The van der Waals surface area contributed by atoms with Crippen LogP contribution in [0.25, 0.3) is 21.8 Å². The number of aromatic nitrogens is 5. The fourth-order valence-electron chi connectivity index (χ4n) is 4.38. The molecule has 1 unspecified atom stereocenters.